The van der Waals surface area contributed by atoms with Crippen molar-refractivity contribution in [2.75, 3.05) is 12.4 Å². The quantitative estimate of drug-likeness (QED) is 0.801. The number of carbonyl (C=O) groups is 2. The Labute approximate surface area is 156 Å². The van der Waals surface area contributed by atoms with Crippen LogP contribution in [0.4, 0.5) is 10.1 Å². The van der Waals surface area contributed by atoms with Gasteiger partial charge < -0.3 is 15.4 Å². The third-order valence-electron chi connectivity index (χ3n) is 3.78. The number of ether oxygens (including phenoxy) is 1. The summed E-state index contributed by atoms with van der Waals surface area (Å²) in [6.45, 7) is 3.63. The predicted octanol–water partition coefficient (Wildman–Crippen LogP) is 3.88. The Morgan fingerprint density at radius 3 is 2.31 bits per heavy atom. The van der Waals surface area contributed by atoms with E-state index in [9.17, 15) is 14.0 Å². The average Bonchev–Trinajstić information content (AvgIpc) is 2.62. The van der Waals surface area contributed by atoms with Crippen LogP contribution in [0.15, 0.2) is 42.5 Å². The van der Waals surface area contributed by atoms with Crippen LogP contribution in [0.25, 0.3) is 0 Å². The second kappa shape index (κ2) is 8.67. The molecule has 2 N–H and O–H groups in total. The zero-order valence-corrected chi connectivity index (χ0v) is 15.4. The van der Waals surface area contributed by atoms with Gasteiger partial charge in [0.1, 0.15) is 17.6 Å². The van der Waals surface area contributed by atoms with Gasteiger partial charge in [0.2, 0.25) is 5.91 Å². The lowest BCUT2D eigenvalue weighted by molar-refractivity contribution is -0.118. The van der Waals surface area contributed by atoms with E-state index in [1.165, 1.54) is 19.2 Å². The summed E-state index contributed by atoms with van der Waals surface area (Å²) in [6.07, 6.45) is 0. The van der Waals surface area contributed by atoms with Crippen molar-refractivity contribution in [3.05, 3.63) is 58.9 Å². The number of anilines is 1. The van der Waals surface area contributed by atoms with E-state index >= 15 is 0 Å². The van der Waals surface area contributed by atoms with Crippen LogP contribution in [0, 0.1) is 11.7 Å². The highest BCUT2D eigenvalue weighted by Crippen LogP contribution is 2.20. The number of carbonyl (C=O) groups excluding carboxylic acids is 2. The molecule has 138 valence electrons. The van der Waals surface area contributed by atoms with Gasteiger partial charge in [-0.25, -0.2) is 4.39 Å². The lowest BCUT2D eigenvalue weighted by Crippen LogP contribution is -2.47. The fourth-order valence-corrected chi connectivity index (χ4v) is 2.48. The van der Waals surface area contributed by atoms with Crippen LogP contribution in [0.5, 0.6) is 5.75 Å². The van der Waals surface area contributed by atoms with Gasteiger partial charge in [0.05, 0.1) is 12.1 Å². The molecule has 0 saturated carbocycles. The maximum Gasteiger partial charge on any atom is 0.251 e. The second-order valence-electron chi connectivity index (χ2n) is 6.04. The van der Waals surface area contributed by atoms with Gasteiger partial charge in [-0.1, -0.05) is 25.4 Å². The van der Waals surface area contributed by atoms with Crippen molar-refractivity contribution in [1.29, 1.82) is 0 Å². The first-order valence-corrected chi connectivity index (χ1v) is 8.40. The highest BCUT2D eigenvalue weighted by molar-refractivity contribution is 6.31. The predicted molar refractivity (Wildman–Crippen MR) is 99.1 cm³/mol. The molecule has 0 bridgehead atoms. The van der Waals surface area contributed by atoms with Crippen molar-refractivity contribution in [2.24, 2.45) is 5.92 Å². The largest absolute Gasteiger partial charge is 0.497 e. The van der Waals surface area contributed by atoms with E-state index in [1.54, 1.807) is 24.3 Å². The van der Waals surface area contributed by atoms with Gasteiger partial charge in [-0.15, -0.1) is 0 Å². The molecule has 1 atom stereocenters. The fraction of sp³-hybridized carbons (Fsp3) is 0.263. The number of amides is 2. The molecule has 0 saturated heterocycles. The molecule has 2 aromatic carbocycles. The third kappa shape index (κ3) is 4.95. The lowest BCUT2D eigenvalue weighted by Gasteiger charge is -2.22. The smallest absolute Gasteiger partial charge is 0.251 e. The van der Waals surface area contributed by atoms with Crippen LogP contribution in [-0.4, -0.2) is 25.0 Å². The molecule has 7 heteroatoms. The summed E-state index contributed by atoms with van der Waals surface area (Å²) in [4.78, 5) is 24.9. The molecule has 0 heterocycles. The number of hydrogen-bond donors (Lipinski definition) is 2. The van der Waals surface area contributed by atoms with Crippen LogP contribution >= 0.6 is 11.6 Å². The molecule has 5 nitrogen and oxygen atoms in total. The molecule has 0 aliphatic rings. The van der Waals surface area contributed by atoms with E-state index in [2.05, 4.69) is 10.6 Å². The Morgan fingerprint density at radius 1 is 1.12 bits per heavy atom. The average molecular weight is 379 g/mol. The summed E-state index contributed by atoms with van der Waals surface area (Å²) >= 11 is 5.72. The number of nitrogens with one attached hydrogen (secondary N) is 2. The number of rotatable bonds is 6. The monoisotopic (exact) mass is 378 g/mol. The zero-order valence-electron chi connectivity index (χ0n) is 14.7. The van der Waals surface area contributed by atoms with Gasteiger partial charge in [0.25, 0.3) is 5.91 Å². The van der Waals surface area contributed by atoms with Gasteiger partial charge in [0.15, 0.2) is 0 Å². The second-order valence-corrected chi connectivity index (χ2v) is 6.45. The van der Waals surface area contributed by atoms with Gasteiger partial charge in [0, 0.05) is 11.3 Å². The topological polar surface area (TPSA) is 67.4 Å². The molecule has 0 aromatic heterocycles. The minimum absolute atomic E-state index is 0.0915. The van der Waals surface area contributed by atoms with Gasteiger partial charge in [-0.05, 0) is 48.4 Å². The molecule has 0 fully saturated rings. The number of halogens is 2. The van der Waals surface area contributed by atoms with E-state index in [1.807, 2.05) is 13.8 Å². The SMILES string of the molecule is COc1ccc(C(=O)N[C@@H](C(=O)Nc2ccc(F)c(Cl)c2)C(C)C)cc1. The van der Waals surface area contributed by atoms with E-state index in [4.69, 9.17) is 16.3 Å². The van der Waals surface area contributed by atoms with Crippen LogP contribution < -0.4 is 15.4 Å². The third-order valence-corrected chi connectivity index (χ3v) is 4.06. The van der Waals surface area contributed by atoms with Gasteiger partial charge in [-0.2, -0.15) is 0 Å². The molecule has 2 amide bonds. The van der Waals surface area contributed by atoms with Crippen molar-refractivity contribution in [3.8, 4) is 5.75 Å². The van der Waals surface area contributed by atoms with Crippen molar-refractivity contribution in [2.45, 2.75) is 19.9 Å². The first-order valence-electron chi connectivity index (χ1n) is 8.02. The first kappa shape index (κ1) is 19.7. The molecule has 0 unspecified atom stereocenters. The van der Waals surface area contributed by atoms with Gasteiger partial charge >= 0.3 is 0 Å². The summed E-state index contributed by atoms with van der Waals surface area (Å²) in [6, 6.07) is 9.68. The Morgan fingerprint density at radius 2 is 1.77 bits per heavy atom. The lowest BCUT2D eigenvalue weighted by atomic mass is 10.0. The molecule has 26 heavy (non-hydrogen) atoms. The van der Waals surface area contributed by atoms with E-state index < -0.39 is 17.8 Å². The van der Waals surface area contributed by atoms with Crippen molar-refractivity contribution >= 4 is 29.1 Å². The van der Waals surface area contributed by atoms with Crippen LogP contribution in [-0.2, 0) is 4.79 Å². The number of hydrogen-bond acceptors (Lipinski definition) is 3. The van der Waals surface area contributed by atoms with Crippen LogP contribution in [0.1, 0.15) is 24.2 Å². The van der Waals surface area contributed by atoms with E-state index in [-0.39, 0.29) is 16.8 Å². The van der Waals surface area contributed by atoms with Crippen LogP contribution in [0.2, 0.25) is 5.02 Å². The first-order chi connectivity index (χ1) is 12.3. The number of methoxy groups -OCH3 is 1. The molecular formula is C19H20ClFN2O3. The van der Waals surface area contributed by atoms with Crippen molar-refractivity contribution in [3.63, 3.8) is 0 Å². The molecule has 0 aliphatic carbocycles. The fourth-order valence-electron chi connectivity index (χ4n) is 2.30. The van der Waals surface area contributed by atoms with Gasteiger partial charge in [-0.3, -0.25) is 9.59 Å². The highest BCUT2D eigenvalue weighted by atomic mass is 35.5. The highest BCUT2D eigenvalue weighted by Gasteiger charge is 2.25. The molecular weight excluding hydrogens is 359 g/mol. The summed E-state index contributed by atoms with van der Waals surface area (Å²) in [5, 5.41) is 5.27. The minimum Gasteiger partial charge on any atom is -0.497 e. The summed E-state index contributed by atoms with van der Waals surface area (Å²) < 4.78 is 18.3. The number of benzene rings is 2. The zero-order chi connectivity index (χ0) is 19.3. The Balaban J connectivity index is 2.10. The van der Waals surface area contributed by atoms with Crippen LogP contribution in [0.3, 0.4) is 0 Å². The standard InChI is InChI=1S/C19H20ClFN2O3/c1-11(2)17(19(25)22-13-6-9-16(21)15(20)10-13)23-18(24)12-4-7-14(26-3)8-5-12/h4-11,17H,1-3H3,(H,22,25)(H,23,24)/t17-/m1/s1. The Kier molecular flexibility index (Phi) is 6.58. The minimum atomic E-state index is -0.770. The molecule has 0 aliphatic heterocycles. The van der Waals surface area contributed by atoms with E-state index in [0.29, 0.717) is 17.0 Å². The van der Waals surface area contributed by atoms with Crippen molar-refractivity contribution in [1.82, 2.24) is 5.32 Å². The maximum atomic E-state index is 13.2. The van der Waals surface area contributed by atoms with E-state index in [0.717, 1.165) is 6.07 Å². The summed E-state index contributed by atoms with van der Waals surface area (Å²) in [7, 11) is 1.54. The Hall–Kier alpha value is -2.60. The maximum absolute atomic E-state index is 13.2. The molecule has 0 radical (unpaired) electrons. The summed E-state index contributed by atoms with van der Waals surface area (Å²) in [5.74, 6) is -0.887. The molecule has 2 aromatic rings. The van der Waals surface area contributed by atoms with Crippen molar-refractivity contribution < 1.29 is 18.7 Å². The normalized spacial score (nSPS) is 11.8. The summed E-state index contributed by atoms with van der Waals surface area (Å²) in [5.41, 5.74) is 0.764. The molecule has 0 spiro atoms. The molecule has 2 rings (SSSR count). The Bertz CT molecular complexity index is 794.